The number of aromatic nitrogens is 3. The second-order valence-corrected chi connectivity index (χ2v) is 4.35. The molecule has 0 saturated heterocycles. The van der Waals surface area contributed by atoms with Gasteiger partial charge in [-0.05, 0) is 31.5 Å². The number of hydrogen-bond acceptors (Lipinski definition) is 4. The van der Waals surface area contributed by atoms with E-state index >= 15 is 0 Å². The highest BCUT2D eigenvalue weighted by atomic mass is 16.5. The number of nitrogens with zero attached hydrogens (tertiary/aromatic N) is 3. The predicted octanol–water partition coefficient (Wildman–Crippen LogP) is 1.93. The van der Waals surface area contributed by atoms with Crippen molar-refractivity contribution in [1.29, 1.82) is 0 Å². The van der Waals surface area contributed by atoms with Gasteiger partial charge in [-0.15, -0.1) is 5.10 Å². The van der Waals surface area contributed by atoms with Crippen LogP contribution in [0, 0.1) is 6.92 Å². The van der Waals surface area contributed by atoms with Gasteiger partial charge in [-0.25, -0.2) is 0 Å². The van der Waals surface area contributed by atoms with E-state index in [4.69, 9.17) is 4.74 Å². The van der Waals surface area contributed by atoms with Crippen LogP contribution in [0.1, 0.15) is 34.4 Å². The number of hydrogen-bond donors (Lipinski definition) is 0. The molecule has 0 fully saturated rings. The summed E-state index contributed by atoms with van der Waals surface area (Å²) in [6.07, 6.45) is 1.52. The lowest BCUT2D eigenvalue weighted by atomic mass is 10.2. The van der Waals surface area contributed by atoms with Gasteiger partial charge in [0.25, 0.3) is 0 Å². The Labute approximate surface area is 112 Å². The van der Waals surface area contributed by atoms with Crippen LogP contribution >= 0.6 is 0 Å². The number of carbonyl (C=O) groups is 1. The van der Waals surface area contributed by atoms with E-state index in [1.807, 2.05) is 43.7 Å². The molecule has 100 valence electrons. The molecule has 2 aromatic rings. The average molecular weight is 259 g/mol. The molecule has 2 rings (SSSR count). The molecular weight excluding hydrogens is 242 g/mol. The van der Waals surface area contributed by atoms with Gasteiger partial charge < -0.3 is 9.30 Å². The monoisotopic (exact) mass is 259 g/mol. The van der Waals surface area contributed by atoms with Gasteiger partial charge in [-0.3, -0.25) is 4.79 Å². The summed E-state index contributed by atoms with van der Waals surface area (Å²) in [5.74, 6) is 0.530. The van der Waals surface area contributed by atoms with Gasteiger partial charge in [0.1, 0.15) is 0 Å². The summed E-state index contributed by atoms with van der Waals surface area (Å²) in [5.41, 5.74) is 3.57. The SMILES string of the molecule is CCOc1ccc(Cc2cc(C)c(C=O)n2C)nn1. The Morgan fingerprint density at radius 2 is 2.16 bits per heavy atom. The van der Waals surface area contributed by atoms with Gasteiger partial charge in [0.2, 0.25) is 5.88 Å². The predicted molar refractivity (Wildman–Crippen MR) is 71.5 cm³/mol. The van der Waals surface area contributed by atoms with E-state index in [0.29, 0.717) is 24.6 Å². The first-order valence-corrected chi connectivity index (χ1v) is 6.21. The minimum absolute atomic E-state index is 0.530. The molecule has 19 heavy (non-hydrogen) atoms. The highest BCUT2D eigenvalue weighted by molar-refractivity contribution is 5.75. The van der Waals surface area contributed by atoms with Crippen molar-refractivity contribution >= 4 is 6.29 Å². The molecule has 0 bridgehead atoms. The van der Waals surface area contributed by atoms with Crippen molar-refractivity contribution in [3.05, 3.63) is 40.8 Å². The standard InChI is InChI=1S/C14H17N3O2/c1-4-19-14-6-5-11(15-16-14)8-12-7-10(2)13(9-18)17(12)3/h5-7,9H,4,8H2,1-3H3. The summed E-state index contributed by atoms with van der Waals surface area (Å²) in [6.45, 7) is 4.41. The van der Waals surface area contributed by atoms with E-state index in [0.717, 1.165) is 23.2 Å². The lowest BCUT2D eigenvalue weighted by Crippen LogP contribution is -2.04. The Morgan fingerprint density at radius 1 is 1.37 bits per heavy atom. The zero-order chi connectivity index (χ0) is 13.8. The Bertz CT molecular complexity index is 573. The van der Waals surface area contributed by atoms with E-state index in [1.165, 1.54) is 0 Å². The van der Waals surface area contributed by atoms with Crippen molar-refractivity contribution in [3.8, 4) is 5.88 Å². The van der Waals surface area contributed by atoms with Crippen molar-refractivity contribution in [3.63, 3.8) is 0 Å². The molecule has 2 aromatic heterocycles. The van der Waals surface area contributed by atoms with E-state index in [2.05, 4.69) is 10.2 Å². The van der Waals surface area contributed by atoms with Crippen LogP contribution in [0.25, 0.3) is 0 Å². The van der Waals surface area contributed by atoms with Crippen molar-refractivity contribution < 1.29 is 9.53 Å². The molecule has 0 aliphatic rings. The lowest BCUT2D eigenvalue weighted by molar-refractivity contribution is 0.111. The number of aldehydes is 1. The number of ether oxygens (including phenoxy) is 1. The van der Waals surface area contributed by atoms with Crippen LogP contribution in [0.15, 0.2) is 18.2 Å². The normalized spacial score (nSPS) is 10.5. The third kappa shape index (κ3) is 2.81. The molecule has 0 saturated carbocycles. The average Bonchev–Trinajstić information content (AvgIpc) is 2.67. The summed E-state index contributed by atoms with van der Waals surface area (Å²) in [4.78, 5) is 11.0. The third-order valence-electron chi connectivity index (χ3n) is 3.04. The Kier molecular flexibility index (Phi) is 3.94. The molecule has 0 N–H and O–H groups in total. The number of rotatable bonds is 5. The van der Waals surface area contributed by atoms with Crippen LogP contribution in [0.2, 0.25) is 0 Å². The third-order valence-corrected chi connectivity index (χ3v) is 3.04. The molecule has 0 aliphatic carbocycles. The van der Waals surface area contributed by atoms with Crippen LogP contribution in [-0.2, 0) is 13.5 Å². The van der Waals surface area contributed by atoms with E-state index < -0.39 is 0 Å². The number of carbonyl (C=O) groups excluding carboxylic acids is 1. The molecule has 0 radical (unpaired) electrons. The van der Waals surface area contributed by atoms with Gasteiger partial charge >= 0.3 is 0 Å². The lowest BCUT2D eigenvalue weighted by Gasteiger charge is -2.05. The van der Waals surface area contributed by atoms with E-state index in [-0.39, 0.29) is 0 Å². The summed E-state index contributed by atoms with van der Waals surface area (Å²) < 4.78 is 7.14. The highest BCUT2D eigenvalue weighted by Gasteiger charge is 2.10. The first-order valence-electron chi connectivity index (χ1n) is 6.21. The molecule has 0 aliphatic heterocycles. The van der Waals surface area contributed by atoms with Gasteiger partial charge in [0.15, 0.2) is 6.29 Å². The second-order valence-electron chi connectivity index (χ2n) is 4.35. The van der Waals surface area contributed by atoms with Crippen molar-refractivity contribution in [2.24, 2.45) is 7.05 Å². The molecule has 0 atom stereocenters. The Morgan fingerprint density at radius 3 is 2.68 bits per heavy atom. The molecular formula is C14H17N3O2. The molecule has 5 heteroatoms. The minimum atomic E-state index is 0.530. The summed E-state index contributed by atoms with van der Waals surface area (Å²) in [5, 5.41) is 8.11. The molecule has 0 spiro atoms. The van der Waals surface area contributed by atoms with Gasteiger partial charge in [-0.1, -0.05) is 0 Å². The Hall–Kier alpha value is -2.17. The quantitative estimate of drug-likeness (QED) is 0.770. The maximum Gasteiger partial charge on any atom is 0.233 e. The largest absolute Gasteiger partial charge is 0.477 e. The Balaban J connectivity index is 2.19. The van der Waals surface area contributed by atoms with Crippen LogP contribution < -0.4 is 4.74 Å². The van der Waals surface area contributed by atoms with E-state index in [9.17, 15) is 4.79 Å². The maximum atomic E-state index is 11.0. The molecule has 2 heterocycles. The van der Waals surface area contributed by atoms with Crippen LogP contribution in [0.3, 0.4) is 0 Å². The molecule has 0 aromatic carbocycles. The molecule has 5 nitrogen and oxygen atoms in total. The fourth-order valence-electron chi connectivity index (χ4n) is 2.03. The molecule has 0 unspecified atom stereocenters. The zero-order valence-electron chi connectivity index (χ0n) is 11.4. The van der Waals surface area contributed by atoms with Crippen molar-refractivity contribution in [2.45, 2.75) is 20.3 Å². The minimum Gasteiger partial charge on any atom is -0.477 e. The van der Waals surface area contributed by atoms with Crippen LogP contribution in [0.4, 0.5) is 0 Å². The zero-order valence-corrected chi connectivity index (χ0v) is 11.4. The maximum absolute atomic E-state index is 11.0. The fourth-order valence-corrected chi connectivity index (χ4v) is 2.03. The highest BCUT2D eigenvalue weighted by Crippen LogP contribution is 2.15. The summed E-state index contributed by atoms with van der Waals surface area (Å²) >= 11 is 0. The van der Waals surface area contributed by atoms with Gasteiger partial charge in [0.05, 0.1) is 18.0 Å². The first-order chi connectivity index (χ1) is 9.15. The summed E-state index contributed by atoms with van der Waals surface area (Å²) in [6, 6.07) is 5.70. The molecule has 0 amide bonds. The summed E-state index contributed by atoms with van der Waals surface area (Å²) in [7, 11) is 1.88. The first kappa shape index (κ1) is 13.3. The van der Waals surface area contributed by atoms with Crippen LogP contribution in [0.5, 0.6) is 5.88 Å². The van der Waals surface area contributed by atoms with Crippen LogP contribution in [-0.4, -0.2) is 27.7 Å². The van der Waals surface area contributed by atoms with Gasteiger partial charge in [0, 0.05) is 25.2 Å². The van der Waals surface area contributed by atoms with Crippen molar-refractivity contribution in [2.75, 3.05) is 6.61 Å². The fraction of sp³-hybridized carbons (Fsp3) is 0.357. The van der Waals surface area contributed by atoms with E-state index in [1.54, 1.807) is 0 Å². The smallest absolute Gasteiger partial charge is 0.233 e. The number of aryl methyl sites for hydroxylation is 1. The van der Waals surface area contributed by atoms with Gasteiger partial charge in [-0.2, -0.15) is 5.10 Å². The van der Waals surface area contributed by atoms with Crippen molar-refractivity contribution in [1.82, 2.24) is 14.8 Å². The topological polar surface area (TPSA) is 57.0 Å². The second kappa shape index (κ2) is 5.65.